The molecule has 2 aliphatic heterocycles. The maximum Gasteiger partial charge on any atom is 0.320 e. The second-order valence-electron chi connectivity index (χ2n) is 6.95. The predicted molar refractivity (Wildman–Crippen MR) is 104 cm³/mol. The van der Waals surface area contributed by atoms with Gasteiger partial charge >= 0.3 is 6.03 Å². The number of amides is 2. The van der Waals surface area contributed by atoms with Crippen molar-refractivity contribution in [3.8, 4) is 11.3 Å². The van der Waals surface area contributed by atoms with E-state index in [-0.39, 0.29) is 17.9 Å². The summed E-state index contributed by atoms with van der Waals surface area (Å²) in [7, 11) is 1.58. The van der Waals surface area contributed by atoms with E-state index in [2.05, 4.69) is 25.7 Å². The Labute approximate surface area is 164 Å². The molecule has 0 saturated carbocycles. The third-order valence-corrected chi connectivity index (χ3v) is 6.41. The first-order valence-corrected chi connectivity index (χ1v) is 9.93. The Morgan fingerprint density at radius 3 is 2.93 bits per heavy atom. The zero-order valence-electron chi connectivity index (χ0n) is 15.1. The lowest BCUT2D eigenvalue weighted by atomic mass is 10.1. The molecule has 9 heteroatoms. The normalized spacial score (nSPS) is 20.1. The highest BCUT2D eigenvalue weighted by Gasteiger charge is 2.43. The van der Waals surface area contributed by atoms with Gasteiger partial charge in [0.25, 0.3) is 0 Å². The molecule has 2 aromatic heterocycles. The minimum atomic E-state index is -0.281. The number of benzene rings is 1. The molecule has 1 saturated heterocycles. The number of aromatic nitrogens is 2. The number of halogens is 1. The summed E-state index contributed by atoms with van der Waals surface area (Å²) in [6.45, 7) is 0. The van der Waals surface area contributed by atoms with Crippen LogP contribution in [0.15, 0.2) is 34.9 Å². The van der Waals surface area contributed by atoms with Gasteiger partial charge in [0.05, 0.1) is 16.6 Å². The molecule has 2 aliphatic rings. The number of hydrogen-bond acceptors (Lipinski definition) is 6. The Morgan fingerprint density at radius 2 is 2.14 bits per heavy atom. The minimum Gasteiger partial charge on any atom is -0.354 e. The molecule has 2 unspecified atom stereocenters. The standard InChI is InChI=1S/C19H18FN5O2S/c1-21-18(26)23-19-22-13-8-12-6-7-14(17(13)28-19)25(12)16-9-15(27-24-16)10-2-4-11(20)5-3-10/h2-5,9,12,14H,6-8H2,1H3,(H2,21,22,23,26). The van der Waals surface area contributed by atoms with Gasteiger partial charge in [0, 0.05) is 31.1 Å². The van der Waals surface area contributed by atoms with E-state index in [0.29, 0.717) is 16.9 Å². The van der Waals surface area contributed by atoms with Crippen LogP contribution in [0.5, 0.6) is 0 Å². The van der Waals surface area contributed by atoms with Crippen LogP contribution in [0.4, 0.5) is 20.1 Å². The van der Waals surface area contributed by atoms with Gasteiger partial charge in [-0.3, -0.25) is 5.32 Å². The zero-order chi connectivity index (χ0) is 19.3. The van der Waals surface area contributed by atoms with Crippen LogP contribution in [0.3, 0.4) is 0 Å². The van der Waals surface area contributed by atoms with Gasteiger partial charge in [0.1, 0.15) is 5.82 Å². The first-order valence-electron chi connectivity index (χ1n) is 9.11. The number of rotatable bonds is 3. The van der Waals surface area contributed by atoms with Crippen molar-refractivity contribution in [3.63, 3.8) is 0 Å². The molecular formula is C19H18FN5O2S. The lowest BCUT2D eigenvalue weighted by Gasteiger charge is -2.33. The van der Waals surface area contributed by atoms with Gasteiger partial charge in [-0.05, 0) is 37.1 Å². The number of nitrogens with zero attached hydrogens (tertiary/aromatic N) is 3. The molecular weight excluding hydrogens is 381 g/mol. The van der Waals surface area contributed by atoms with Crippen molar-refractivity contribution < 1.29 is 13.7 Å². The third-order valence-electron chi connectivity index (χ3n) is 5.30. The highest BCUT2D eigenvalue weighted by atomic mass is 32.1. The Balaban J connectivity index is 1.43. The molecule has 2 bridgehead atoms. The number of urea groups is 1. The fraction of sp³-hybridized carbons (Fsp3) is 0.316. The number of carbonyl (C=O) groups excluding carboxylic acids is 1. The van der Waals surface area contributed by atoms with Gasteiger partial charge in [0.15, 0.2) is 16.7 Å². The lowest BCUT2D eigenvalue weighted by Crippen LogP contribution is -2.37. The fourth-order valence-electron chi connectivity index (χ4n) is 4.03. The second-order valence-corrected chi connectivity index (χ2v) is 7.98. The summed E-state index contributed by atoms with van der Waals surface area (Å²) < 4.78 is 18.7. The molecule has 0 radical (unpaired) electrons. The van der Waals surface area contributed by atoms with Gasteiger partial charge in [-0.1, -0.05) is 16.5 Å². The summed E-state index contributed by atoms with van der Waals surface area (Å²) in [5.41, 5.74) is 1.85. The summed E-state index contributed by atoms with van der Waals surface area (Å²) in [6.07, 6.45) is 2.89. The van der Waals surface area contributed by atoms with E-state index in [9.17, 15) is 9.18 Å². The quantitative estimate of drug-likeness (QED) is 0.697. The van der Waals surface area contributed by atoms with Crippen LogP contribution >= 0.6 is 11.3 Å². The molecule has 2 N–H and O–H groups in total. The fourth-order valence-corrected chi connectivity index (χ4v) is 5.15. The third kappa shape index (κ3) is 2.82. The number of anilines is 2. The topological polar surface area (TPSA) is 83.3 Å². The summed E-state index contributed by atoms with van der Waals surface area (Å²) in [5, 5.41) is 10.2. The summed E-state index contributed by atoms with van der Waals surface area (Å²) in [5.74, 6) is 1.12. The minimum absolute atomic E-state index is 0.178. The van der Waals surface area contributed by atoms with E-state index in [4.69, 9.17) is 4.52 Å². The summed E-state index contributed by atoms with van der Waals surface area (Å²) in [4.78, 5) is 19.7. The van der Waals surface area contributed by atoms with Crippen LogP contribution < -0.4 is 15.5 Å². The second kappa shape index (κ2) is 6.59. The van der Waals surface area contributed by atoms with E-state index in [1.54, 1.807) is 19.2 Å². The van der Waals surface area contributed by atoms with Crippen LogP contribution in [-0.2, 0) is 6.42 Å². The SMILES string of the molecule is CNC(=O)Nc1nc2c(s1)C1CCC(C2)N1c1cc(-c2ccc(F)cc2)on1. The van der Waals surface area contributed by atoms with Gasteiger partial charge < -0.3 is 14.7 Å². The molecule has 4 heterocycles. The zero-order valence-corrected chi connectivity index (χ0v) is 15.9. The van der Waals surface area contributed by atoms with Crippen molar-refractivity contribution in [2.75, 3.05) is 17.3 Å². The van der Waals surface area contributed by atoms with Crippen LogP contribution in [0.2, 0.25) is 0 Å². The molecule has 2 atom stereocenters. The molecule has 1 fully saturated rings. The van der Waals surface area contributed by atoms with Gasteiger partial charge in [-0.2, -0.15) is 0 Å². The molecule has 1 aromatic carbocycles. The van der Waals surface area contributed by atoms with Gasteiger partial charge in [-0.15, -0.1) is 0 Å². The number of nitrogens with one attached hydrogen (secondary N) is 2. The van der Waals surface area contributed by atoms with Crippen molar-refractivity contribution in [2.24, 2.45) is 0 Å². The van der Waals surface area contributed by atoms with E-state index in [0.717, 1.165) is 36.3 Å². The first-order chi connectivity index (χ1) is 13.6. The molecule has 0 spiro atoms. The first kappa shape index (κ1) is 17.2. The monoisotopic (exact) mass is 399 g/mol. The van der Waals surface area contributed by atoms with Crippen molar-refractivity contribution in [2.45, 2.75) is 31.3 Å². The lowest BCUT2D eigenvalue weighted by molar-refractivity contribution is 0.254. The Kier molecular flexibility index (Phi) is 4.04. The molecule has 7 nitrogen and oxygen atoms in total. The van der Waals surface area contributed by atoms with E-state index >= 15 is 0 Å². The summed E-state index contributed by atoms with van der Waals surface area (Å²) in [6, 6.07) is 8.31. The smallest absolute Gasteiger partial charge is 0.320 e. The summed E-state index contributed by atoms with van der Waals surface area (Å²) >= 11 is 1.52. The largest absolute Gasteiger partial charge is 0.354 e. The number of fused-ring (bicyclic) bond motifs is 4. The Bertz CT molecular complexity index is 1030. The van der Waals surface area contributed by atoms with E-state index < -0.39 is 0 Å². The molecule has 2 amide bonds. The molecule has 5 rings (SSSR count). The highest BCUT2D eigenvalue weighted by molar-refractivity contribution is 7.16. The maximum absolute atomic E-state index is 13.2. The van der Waals surface area contributed by atoms with Crippen LogP contribution in [0.1, 0.15) is 29.5 Å². The van der Waals surface area contributed by atoms with Crippen molar-refractivity contribution >= 4 is 28.3 Å². The number of hydrogen-bond donors (Lipinski definition) is 2. The molecule has 144 valence electrons. The number of thiazole rings is 1. The van der Waals surface area contributed by atoms with E-state index in [1.165, 1.54) is 28.3 Å². The highest BCUT2D eigenvalue weighted by Crippen LogP contribution is 2.49. The average Bonchev–Trinajstić information content (AvgIpc) is 3.39. The molecule has 3 aromatic rings. The van der Waals surface area contributed by atoms with Crippen molar-refractivity contribution in [3.05, 3.63) is 46.7 Å². The maximum atomic E-state index is 13.2. The van der Waals surface area contributed by atoms with Crippen LogP contribution in [0.25, 0.3) is 11.3 Å². The Hall–Kier alpha value is -2.94. The predicted octanol–water partition coefficient (Wildman–Crippen LogP) is 3.95. The van der Waals surface area contributed by atoms with E-state index in [1.807, 2.05) is 6.07 Å². The molecule has 0 aliphatic carbocycles. The van der Waals surface area contributed by atoms with Gasteiger partial charge in [0.2, 0.25) is 0 Å². The van der Waals surface area contributed by atoms with Crippen molar-refractivity contribution in [1.82, 2.24) is 15.5 Å². The van der Waals surface area contributed by atoms with Gasteiger partial charge in [-0.25, -0.2) is 14.2 Å². The van der Waals surface area contributed by atoms with Crippen molar-refractivity contribution in [1.29, 1.82) is 0 Å². The average molecular weight is 399 g/mol. The Morgan fingerprint density at radius 1 is 1.32 bits per heavy atom. The molecule has 28 heavy (non-hydrogen) atoms. The van der Waals surface area contributed by atoms with Crippen LogP contribution in [-0.4, -0.2) is 29.3 Å². The van der Waals surface area contributed by atoms with Crippen LogP contribution in [0, 0.1) is 5.82 Å². The number of carbonyl (C=O) groups is 1.